The zero-order chi connectivity index (χ0) is 10.2. The van der Waals surface area contributed by atoms with Gasteiger partial charge in [-0.3, -0.25) is 4.79 Å². The summed E-state index contributed by atoms with van der Waals surface area (Å²) >= 11 is 0. The van der Waals surface area contributed by atoms with E-state index >= 15 is 0 Å². The number of carbonyl (C=O) groups excluding carboxylic acids is 1. The Morgan fingerprint density at radius 2 is 1.93 bits per heavy atom. The van der Waals surface area contributed by atoms with Gasteiger partial charge in [0.15, 0.2) is 0 Å². The largest absolute Gasteiger partial charge is 0.353 e. The number of nitrogens with one attached hydrogen (secondary N) is 2. The Hall–Kier alpha value is -0.830. The first-order chi connectivity index (χ1) is 6.79. The van der Waals surface area contributed by atoms with Crippen LogP contribution in [0.25, 0.3) is 0 Å². The lowest BCUT2D eigenvalue weighted by Gasteiger charge is -2.10. The molecule has 0 fully saturated rings. The Labute approximate surface area is 86.0 Å². The molecule has 0 bridgehead atoms. The molecule has 1 aliphatic heterocycles. The first kappa shape index (κ1) is 11.2. The van der Waals surface area contributed by atoms with E-state index in [1.165, 1.54) is 19.3 Å². The summed E-state index contributed by atoms with van der Waals surface area (Å²) in [5.74, 6) is 0.0271. The lowest BCUT2D eigenvalue weighted by molar-refractivity contribution is -0.116. The van der Waals surface area contributed by atoms with Crippen molar-refractivity contribution in [1.82, 2.24) is 10.6 Å². The van der Waals surface area contributed by atoms with Crippen LogP contribution in [0.3, 0.4) is 0 Å². The summed E-state index contributed by atoms with van der Waals surface area (Å²) in [6.07, 6.45) is 8.32. The summed E-state index contributed by atoms with van der Waals surface area (Å²) in [7, 11) is 0. The van der Waals surface area contributed by atoms with Crippen LogP contribution in [0.1, 0.15) is 32.6 Å². The number of hydrogen-bond acceptors (Lipinski definition) is 2. The van der Waals surface area contributed by atoms with Gasteiger partial charge in [-0.2, -0.15) is 0 Å². The minimum Gasteiger partial charge on any atom is -0.353 e. The van der Waals surface area contributed by atoms with Gasteiger partial charge in [0.1, 0.15) is 0 Å². The summed E-state index contributed by atoms with van der Waals surface area (Å²) < 4.78 is 0. The normalized spacial score (nSPS) is 28.4. The Kier molecular flexibility index (Phi) is 5.30. The van der Waals surface area contributed by atoms with E-state index in [-0.39, 0.29) is 5.91 Å². The van der Waals surface area contributed by atoms with Crippen LogP contribution >= 0.6 is 0 Å². The first-order valence-electron chi connectivity index (χ1n) is 5.48. The third kappa shape index (κ3) is 5.02. The summed E-state index contributed by atoms with van der Waals surface area (Å²) in [6.45, 7) is 3.92. The molecule has 0 aliphatic carbocycles. The maximum Gasteiger partial charge on any atom is 0.243 e. The van der Waals surface area contributed by atoms with Gasteiger partial charge in [-0.05, 0) is 26.3 Å². The minimum absolute atomic E-state index is 0.0271. The quantitative estimate of drug-likeness (QED) is 0.611. The van der Waals surface area contributed by atoms with Crippen LogP contribution in [0.15, 0.2) is 12.2 Å². The zero-order valence-corrected chi connectivity index (χ0v) is 8.88. The van der Waals surface area contributed by atoms with Crippen LogP contribution in [-0.4, -0.2) is 25.0 Å². The molecule has 0 unspecified atom stereocenters. The van der Waals surface area contributed by atoms with Crippen molar-refractivity contribution < 1.29 is 4.79 Å². The highest BCUT2D eigenvalue weighted by atomic mass is 16.1. The van der Waals surface area contributed by atoms with Gasteiger partial charge in [0.25, 0.3) is 0 Å². The van der Waals surface area contributed by atoms with E-state index < -0.39 is 0 Å². The molecule has 3 nitrogen and oxygen atoms in total. The van der Waals surface area contributed by atoms with Gasteiger partial charge < -0.3 is 10.6 Å². The van der Waals surface area contributed by atoms with Gasteiger partial charge >= 0.3 is 0 Å². The summed E-state index contributed by atoms with van der Waals surface area (Å²) in [6, 6.07) is 0.292. The zero-order valence-electron chi connectivity index (χ0n) is 8.88. The molecule has 1 amide bonds. The molecular formula is C11H20N2O. The number of carbonyl (C=O) groups is 1. The van der Waals surface area contributed by atoms with Crippen LogP contribution in [-0.2, 0) is 4.79 Å². The molecule has 0 saturated heterocycles. The Morgan fingerprint density at radius 3 is 2.71 bits per heavy atom. The van der Waals surface area contributed by atoms with E-state index in [4.69, 9.17) is 0 Å². The maximum absolute atomic E-state index is 11.2. The molecule has 0 aromatic heterocycles. The fraction of sp³-hybridized carbons (Fsp3) is 0.727. The molecule has 14 heavy (non-hydrogen) atoms. The van der Waals surface area contributed by atoms with E-state index in [0.29, 0.717) is 6.04 Å². The van der Waals surface area contributed by atoms with Crippen molar-refractivity contribution >= 4 is 5.91 Å². The summed E-state index contributed by atoms with van der Waals surface area (Å²) in [5.41, 5.74) is 0. The topological polar surface area (TPSA) is 41.1 Å². The second-order valence-corrected chi connectivity index (χ2v) is 3.81. The highest BCUT2D eigenvalue weighted by Gasteiger charge is 2.00. The molecule has 1 rings (SSSR count). The van der Waals surface area contributed by atoms with Crippen molar-refractivity contribution in [3.63, 3.8) is 0 Å². The SMILES string of the molecule is C[C@H]1/C=C/C(=O)NCCCCCCN1. The van der Waals surface area contributed by atoms with Crippen LogP contribution < -0.4 is 10.6 Å². The second kappa shape index (κ2) is 6.60. The van der Waals surface area contributed by atoms with Crippen molar-refractivity contribution in [2.75, 3.05) is 13.1 Å². The standard InChI is InChI=1S/C11H20N2O/c1-10-6-7-11(14)13-9-5-3-2-4-8-12-10/h6-7,10,12H,2-5,8-9H2,1H3,(H,13,14)/b7-6+/t10-/m0/s1. The van der Waals surface area contributed by atoms with E-state index in [1.54, 1.807) is 6.08 Å². The van der Waals surface area contributed by atoms with Gasteiger partial charge in [0.2, 0.25) is 5.91 Å². The van der Waals surface area contributed by atoms with Gasteiger partial charge in [0, 0.05) is 18.7 Å². The smallest absolute Gasteiger partial charge is 0.243 e. The highest BCUT2D eigenvalue weighted by Crippen LogP contribution is 1.99. The van der Waals surface area contributed by atoms with E-state index in [1.807, 2.05) is 6.08 Å². The monoisotopic (exact) mass is 196 g/mol. The molecular weight excluding hydrogens is 176 g/mol. The van der Waals surface area contributed by atoms with Crippen LogP contribution in [0.5, 0.6) is 0 Å². The molecule has 0 radical (unpaired) electrons. The van der Waals surface area contributed by atoms with Crippen molar-refractivity contribution in [3.8, 4) is 0 Å². The summed E-state index contributed by atoms with van der Waals surface area (Å²) in [4.78, 5) is 11.2. The van der Waals surface area contributed by atoms with Crippen molar-refractivity contribution in [3.05, 3.63) is 12.2 Å². The predicted molar refractivity (Wildman–Crippen MR) is 58.1 cm³/mol. The van der Waals surface area contributed by atoms with Crippen LogP contribution in [0.4, 0.5) is 0 Å². The Morgan fingerprint density at radius 1 is 1.21 bits per heavy atom. The molecule has 2 N–H and O–H groups in total. The van der Waals surface area contributed by atoms with Crippen molar-refractivity contribution in [2.45, 2.75) is 38.6 Å². The molecule has 3 heteroatoms. The van der Waals surface area contributed by atoms with E-state index in [2.05, 4.69) is 17.6 Å². The average Bonchev–Trinajstić information content (AvgIpc) is 2.17. The average molecular weight is 196 g/mol. The van der Waals surface area contributed by atoms with Gasteiger partial charge in [-0.1, -0.05) is 18.9 Å². The molecule has 1 heterocycles. The number of rotatable bonds is 0. The number of amides is 1. The van der Waals surface area contributed by atoms with Gasteiger partial charge in [0.05, 0.1) is 0 Å². The third-order valence-corrected chi connectivity index (χ3v) is 2.41. The lowest BCUT2D eigenvalue weighted by atomic mass is 10.1. The fourth-order valence-electron chi connectivity index (χ4n) is 1.50. The number of hydrogen-bond donors (Lipinski definition) is 2. The maximum atomic E-state index is 11.2. The van der Waals surface area contributed by atoms with Crippen LogP contribution in [0, 0.1) is 0 Å². The molecule has 1 atom stereocenters. The lowest BCUT2D eigenvalue weighted by Crippen LogP contribution is -2.27. The van der Waals surface area contributed by atoms with E-state index in [0.717, 1.165) is 19.5 Å². The molecule has 1 aliphatic rings. The third-order valence-electron chi connectivity index (χ3n) is 2.41. The highest BCUT2D eigenvalue weighted by molar-refractivity contribution is 5.87. The second-order valence-electron chi connectivity index (χ2n) is 3.81. The van der Waals surface area contributed by atoms with Gasteiger partial charge in [-0.25, -0.2) is 0 Å². The molecule has 0 aromatic rings. The van der Waals surface area contributed by atoms with Crippen LogP contribution in [0.2, 0.25) is 0 Å². The molecule has 0 aromatic carbocycles. The fourth-order valence-corrected chi connectivity index (χ4v) is 1.50. The van der Waals surface area contributed by atoms with Crippen molar-refractivity contribution in [2.24, 2.45) is 0 Å². The van der Waals surface area contributed by atoms with Crippen molar-refractivity contribution in [1.29, 1.82) is 0 Å². The Bertz CT molecular complexity index is 201. The minimum atomic E-state index is 0.0271. The molecule has 80 valence electrons. The molecule has 0 spiro atoms. The molecule has 0 saturated carbocycles. The Balaban J connectivity index is 2.38. The summed E-state index contributed by atoms with van der Waals surface area (Å²) in [5, 5.41) is 6.22. The van der Waals surface area contributed by atoms with E-state index in [9.17, 15) is 4.79 Å². The van der Waals surface area contributed by atoms with Gasteiger partial charge in [-0.15, -0.1) is 0 Å². The predicted octanol–water partition coefficient (Wildman–Crippen LogP) is 1.21. The first-order valence-corrected chi connectivity index (χ1v) is 5.48.